The molecule has 0 saturated carbocycles. The highest BCUT2D eigenvalue weighted by Gasteiger charge is 2.29. The molecule has 1 unspecified atom stereocenters. The van der Waals surface area contributed by atoms with E-state index >= 15 is 0 Å². The second-order valence-electron chi connectivity index (χ2n) is 6.33. The van der Waals surface area contributed by atoms with Crippen molar-refractivity contribution in [3.63, 3.8) is 0 Å². The van der Waals surface area contributed by atoms with E-state index in [1.165, 1.54) is 6.07 Å². The minimum absolute atomic E-state index is 0.0366. The zero-order valence-corrected chi connectivity index (χ0v) is 14.2. The first-order valence-electron chi connectivity index (χ1n) is 8.22. The van der Waals surface area contributed by atoms with Crippen LogP contribution in [0, 0.1) is 0 Å². The van der Waals surface area contributed by atoms with Crippen molar-refractivity contribution >= 4 is 21.7 Å². The number of amides is 2. The van der Waals surface area contributed by atoms with Crippen molar-refractivity contribution < 1.29 is 18.0 Å². The minimum atomic E-state index is -3.06. The van der Waals surface area contributed by atoms with E-state index in [2.05, 4.69) is 10.3 Å². The monoisotopic (exact) mass is 351 g/mol. The minimum Gasteiger partial charge on any atom is -0.347 e. The van der Waals surface area contributed by atoms with Crippen molar-refractivity contribution in [2.75, 3.05) is 24.6 Å². The van der Waals surface area contributed by atoms with Crippen LogP contribution in [-0.2, 0) is 9.84 Å². The summed E-state index contributed by atoms with van der Waals surface area (Å²) >= 11 is 0. The number of nitrogens with one attached hydrogen (secondary N) is 1. The molecular formula is C16H21N3O4S. The quantitative estimate of drug-likeness (QED) is 0.861. The zero-order chi connectivity index (χ0) is 17.2. The lowest BCUT2D eigenvalue weighted by Crippen LogP contribution is -2.38. The molecular weight excluding hydrogens is 330 g/mol. The first-order chi connectivity index (χ1) is 11.4. The van der Waals surface area contributed by atoms with Crippen LogP contribution in [0.25, 0.3) is 0 Å². The molecule has 0 radical (unpaired) electrons. The highest BCUT2D eigenvalue weighted by Crippen LogP contribution is 2.14. The van der Waals surface area contributed by atoms with Crippen molar-refractivity contribution in [2.45, 2.75) is 31.7 Å². The van der Waals surface area contributed by atoms with E-state index in [9.17, 15) is 18.0 Å². The fraction of sp³-hybridized carbons (Fsp3) is 0.562. The maximum Gasteiger partial charge on any atom is 0.272 e. The normalized spacial score (nSPS) is 23.0. The van der Waals surface area contributed by atoms with E-state index in [1.54, 1.807) is 17.0 Å². The van der Waals surface area contributed by atoms with Gasteiger partial charge in [0.15, 0.2) is 9.84 Å². The van der Waals surface area contributed by atoms with E-state index in [4.69, 9.17) is 0 Å². The van der Waals surface area contributed by atoms with E-state index in [-0.39, 0.29) is 34.8 Å². The van der Waals surface area contributed by atoms with Gasteiger partial charge in [-0.25, -0.2) is 13.4 Å². The van der Waals surface area contributed by atoms with E-state index in [0.717, 1.165) is 32.4 Å². The molecule has 0 aliphatic carbocycles. The van der Waals surface area contributed by atoms with Gasteiger partial charge < -0.3 is 10.2 Å². The molecule has 1 aromatic rings. The third-order valence-electron chi connectivity index (χ3n) is 4.41. The van der Waals surface area contributed by atoms with Crippen molar-refractivity contribution in [3.05, 3.63) is 29.6 Å². The van der Waals surface area contributed by atoms with Gasteiger partial charge in [-0.05, 0) is 37.8 Å². The summed E-state index contributed by atoms with van der Waals surface area (Å²) in [5.41, 5.74) is 0.394. The number of hydrogen-bond acceptors (Lipinski definition) is 5. The smallest absolute Gasteiger partial charge is 0.272 e. The molecule has 0 spiro atoms. The van der Waals surface area contributed by atoms with Crippen LogP contribution in [0.3, 0.4) is 0 Å². The highest BCUT2D eigenvalue weighted by molar-refractivity contribution is 7.91. The number of piperidine rings is 1. The van der Waals surface area contributed by atoms with Crippen LogP contribution in [0.2, 0.25) is 0 Å². The van der Waals surface area contributed by atoms with Crippen LogP contribution in [0.4, 0.5) is 0 Å². The third kappa shape index (κ3) is 3.92. The molecule has 2 fully saturated rings. The fourth-order valence-electron chi connectivity index (χ4n) is 3.11. The Kier molecular flexibility index (Phi) is 4.84. The van der Waals surface area contributed by atoms with E-state index in [1.807, 2.05) is 0 Å². The van der Waals surface area contributed by atoms with E-state index in [0.29, 0.717) is 6.42 Å². The lowest BCUT2D eigenvalue weighted by atomic mass is 10.1. The molecule has 8 heteroatoms. The summed E-state index contributed by atoms with van der Waals surface area (Å²) in [4.78, 5) is 30.7. The molecule has 0 aromatic carbocycles. The Morgan fingerprint density at radius 1 is 1.12 bits per heavy atom. The molecule has 3 heterocycles. The Balaban J connectivity index is 1.68. The summed E-state index contributed by atoms with van der Waals surface area (Å²) < 4.78 is 22.9. The number of nitrogens with zero attached hydrogens (tertiary/aromatic N) is 2. The van der Waals surface area contributed by atoms with Crippen LogP contribution < -0.4 is 5.32 Å². The van der Waals surface area contributed by atoms with Gasteiger partial charge in [0.05, 0.1) is 11.5 Å². The predicted molar refractivity (Wildman–Crippen MR) is 88.5 cm³/mol. The molecule has 1 N–H and O–H groups in total. The molecule has 7 nitrogen and oxygen atoms in total. The van der Waals surface area contributed by atoms with Crippen LogP contribution in [0.5, 0.6) is 0 Å². The van der Waals surface area contributed by atoms with Gasteiger partial charge in [-0.3, -0.25) is 9.59 Å². The Morgan fingerprint density at radius 3 is 2.50 bits per heavy atom. The molecule has 2 aliphatic rings. The lowest BCUT2D eigenvalue weighted by molar-refractivity contribution is 0.0718. The van der Waals surface area contributed by atoms with Crippen LogP contribution in [0.1, 0.15) is 46.7 Å². The maximum absolute atomic E-state index is 12.5. The highest BCUT2D eigenvalue weighted by atomic mass is 32.2. The van der Waals surface area contributed by atoms with Crippen LogP contribution >= 0.6 is 0 Å². The molecule has 1 aromatic heterocycles. The molecule has 24 heavy (non-hydrogen) atoms. The van der Waals surface area contributed by atoms with E-state index < -0.39 is 15.7 Å². The van der Waals surface area contributed by atoms with Crippen molar-refractivity contribution in [3.8, 4) is 0 Å². The number of pyridine rings is 1. The first-order valence-corrected chi connectivity index (χ1v) is 10.0. The van der Waals surface area contributed by atoms with Gasteiger partial charge in [0.25, 0.3) is 11.8 Å². The summed E-state index contributed by atoms with van der Waals surface area (Å²) in [7, 11) is -3.06. The summed E-state index contributed by atoms with van der Waals surface area (Å²) in [6.07, 6.45) is 3.52. The number of hydrogen-bond donors (Lipinski definition) is 1. The number of carbonyl (C=O) groups excluding carboxylic acids is 2. The Morgan fingerprint density at radius 2 is 1.83 bits per heavy atom. The number of aromatic nitrogens is 1. The molecule has 3 rings (SSSR count). The Labute approximate surface area is 141 Å². The average Bonchev–Trinajstić information content (AvgIpc) is 2.93. The van der Waals surface area contributed by atoms with Crippen molar-refractivity contribution in [1.82, 2.24) is 15.2 Å². The van der Waals surface area contributed by atoms with Gasteiger partial charge in [0.2, 0.25) is 0 Å². The maximum atomic E-state index is 12.5. The topological polar surface area (TPSA) is 96.4 Å². The van der Waals surface area contributed by atoms with Crippen LogP contribution in [0.15, 0.2) is 18.2 Å². The molecule has 130 valence electrons. The van der Waals surface area contributed by atoms with Gasteiger partial charge in [-0.15, -0.1) is 0 Å². The molecule has 2 aliphatic heterocycles. The van der Waals surface area contributed by atoms with Crippen molar-refractivity contribution in [1.29, 1.82) is 0 Å². The van der Waals surface area contributed by atoms with Crippen LogP contribution in [-0.4, -0.2) is 60.8 Å². The molecule has 2 saturated heterocycles. The Hall–Kier alpha value is -1.96. The van der Waals surface area contributed by atoms with Gasteiger partial charge in [-0.2, -0.15) is 0 Å². The summed E-state index contributed by atoms with van der Waals surface area (Å²) in [5.74, 6) is -0.539. The van der Waals surface area contributed by atoms with Gasteiger partial charge in [0.1, 0.15) is 11.4 Å². The molecule has 2 amide bonds. The number of sulfone groups is 1. The molecule has 0 bridgehead atoms. The first kappa shape index (κ1) is 16.9. The number of rotatable bonds is 3. The Bertz CT molecular complexity index is 741. The van der Waals surface area contributed by atoms with Gasteiger partial charge in [0, 0.05) is 19.1 Å². The second kappa shape index (κ2) is 6.88. The summed E-state index contributed by atoms with van der Waals surface area (Å²) in [5, 5.41) is 2.69. The summed E-state index contributed by atoms with van der Waals surface area (Å²) in [6.45, 7) is 1.44. The lowest BCUT2D eigenvalue weighted by Gasteiger charge is -2.26. The largest absolute Gasteiger partial charge is 0.347 e. The average molecular weight is 351 g/mol. The second-order valence-corrected chi connectivity index (χ2v) is 8.56. The standard InChI is InChI=1S/C16H21N3O4S/c20-15(17-12-7-10-24(22,23)11-12)13-5-4-6-14(18-13)16(21)19-8-2-1-3-9-19/h4-6,12H,1-3,7-11H2,(H,17,20). The van der Waals surface area contributed by atoms with Crippen molar-refractivity contribution in [2.24, 2.45) is 0 Å². The van der Waals surface area contributed by atoms with Gasteiger partial charge in [-0.1, -0.05) is 6.07 Å². The number of likely N-dealkylation sites (tertiary alicyclic amines) is 1. The zero-order valence-electron chi connectivity index (χ0n) is 13.4. The SMILES string of the molecule is O=C(NC1CCS(=O)(=O)C1)c1cccc(C(=O)N2CCCCC2)n1. The third-order valence-corrected chi connectivity index (χ3v) is 6.18. The predicted octanol–water partition coefficient (Wildman–Crippen LogP) is 0.625. The summed E-state index contributed by atoms with van der Waals surface area (Å²) in [6, 6.07) is 4.38. The van der Waals surface area contributed by atoms with Gasteiger partial charge >= 0.3 is 0 Å². The molecule has 1 atom stereocenters. The number of carbonyl (C=O) groups is 2. The fourth-order valence-corrected chi connectivity index (χ4v) is 4.78.